The number of benzene rings is 1. The maximum absolute atomic E-state index is 12.9. The fourth-order valence-electron chi connectivity index (χ4n) is 3.81. The van der Waals surface area contributed by atoms with Crippen molar-refractivity contribution < 1.29 is 17.9 Å². The predicted molar refractivity (Wildman–Crippen MR) is 117 cm³/mol. The van der Waals surface area contributed by atoms with Gasteiger partial charge in [0.15, 0.2) is 0 Å². The van der Waals surface area contributed by atoms with E-state index in [2.05, 4.69) is 5.32 Å². The van der Waals surface area contributed by atoms with Crippen LogP contribution in [-0.2, 0) is 27.6 Å². The summed E-state index contributed by atoms with van der Waals surface area (Å²) in [6.07, 6.45) is 3.17. The van der Waals surface area contributed by atoms with Gasteiger partial charge in [-0.05, 0) is 12.1 Å². The first-order valence-corrected chi connectivity index (χ1v) is 11.6. The zero-order valence-corrected chi connectivity index (χ0v) is 18.5. The minimum atomic E-state index is -3.58. The third kappa shape index (κ3) is 3.92. The van der Waals surface area contributed by atoms with E-state index in [0.29, 0.717) is 49.9 Å². The number of nitrogens with one attached hydrogen (secondary N) is 1. The molecule has 0 atom stereocenters. The van der Waals surface area contributed by atoms with Crippen molar-refractivity contribution in [2.75, 3.05) is 45.8 Å². The quantitative estimate of drug-likeness (QED) is 0.730. The van der Waals surface area contributed by atoms with E-state index in [9.17, 15) is 8.42 Å². The van der Waals surface area contributed by atoms with Gasteiger partial charge in [0.2, 0.25) is 10.0 Å². The molecule has 0 radical (unpaired) electrons. The SMILES string of the molecule is CNc1cc(Cc2ccc(S(=O)(=O)N3CCOCC3)cc2OC)nc2c1C(Cl)=CC2. The van der Waals surface area contributed by atoms with Crippen LogP contribution in [-0.4, -0.2) is 58.2 Å². The third-order valence-electron chi connectivity index (χ3n) is 5.37. The number of fused-ring (bicyclic) bond motifs is 1. The van der Waals surface area contributed by atoms with Crippen LogP contribution in [0.3, 0.4) is 0 Å². The highest BCUT2D eigenvalue weighted by Gasteiger charge is 2.27. The molecule has 2 aliphatic rings. The van der Waals surface area contributed by atoms with Crippen LogP contribution in [0.25, 0.3) is 5.03 Å². The molecule has 9 heteroatoms. The molecular formula is C21H24ClN3O4S. The second-order valence-corrected chi connectivity index (χ2v) is 9.50. The van der Waals surface area contributed by atoms with Crippen molar-refractivity contribution in [1.29, 1.82) is 0 Å². The molecular weight excluding hydrogens is 426 g/mol. The van der Waals surface area contributed by atoms with E-state index in [1.807, 2.05) is 19.2 Å². The molecule has 4 rings (SSSR count). The van der Waals surface area contributed by atoms with Crippen molar-refractivity contribution >= 4 is 32.3 Å². The van der Waals surface area contributed by atoms with Crippen LogP contribution >= 0.6 is 11.6 Å². The fraction of sp³-hybridized carbons (Fsp3) is 0.381. The molecule has 0 saturated carbocycles. The van der Waals surface area contributed by atoms with Crippen molar-refractivity contribution in [3.05, 3.63) is 52.9 Å². The van der Waals surface area contributed by atoms with Gasteiger partial charge in [0.1, 0.15) is 5.75 Å². The van der Waals surface area contributed by atoms with Crippen LogP contribution in [0.2, 0.25) is 0 Å². The smallest absolute Gasteiger partial charge is 0.243 e. The number of morpholine rings is 1. The molecule has 2 aromatic rings. The summed E-state index contributed by atoms with van der Waals surface area (Å²) in [4.78, 5) is 4.98. The number of pyridine rings is 1. The van der Waals surface area contributed by atoms with Crippen LogP contribution in [0, 0.1) is 0 Å². The number of ether oxygens (including phenoxy) is 2. The lowest BCUT2D eigenvalue weighted by molar-refractivity contribution is 0.0730. The number of aromatic nitrogens is 1. The summed E-state index contributed by atoms with van der Waals surface area (Å²) in [6.45, 7) is 1.53. The van der Waals surface area contributed by atoms with Crippen LogP contribution in [0.5, 0.6) is 5.75 Å². The van der Waals surface area contributed by atoms with Gasteiger partial charge < -0.3 is 14.8 Å². The molecule has 1 aliphatic heterocycles. The zero-order chi connectivity index (χ0) is 21.3. The van der Waals surface area contributed by atoms with Gasteiger partial charge in [0.25, 0.3) is 0 Å². The van der Waals surface area contributed by atoms with Crippen molar-refractivity contribution in [3.8, 4) is 5.75 Å². The van der Waals surface area contributed by atoms with Crippen LogP contribution in [0.4, 0.5) is 5.69 Å². The van der Waals surface area contributed by atoms with E-state index in [0.717, 1.165) is 28.2 Å². The number of rotatable bonds is 6. The standard InChI is InChI=1S/C21H24ClN3O4S/c1-23-19-12-15(24-18-6-5-17(22)21(18)19)11-14-3-4-16(13-20(14)28-2)30(26,27)25-7-9-29-10-8-25/h3-5,12-13H,6-11H2,1-2H3,(H,23,24). The van der Waals surface area contributed by atoms with E-state index >= 15 is 0 Å². The van der Waals surface area contributed by atoms with Gasteiger partial charge in [-0.25, -0.2) is 8.42 Å². The van der Waals surface area contributed by atoms with Crippen molar-refractivity contribution in [1.82, 2.24) is 9.29 Å². The number of allylic oxidation sites excluding steroid dienone is 1. The highest BCUT2D eigenvalue weighted by Crippen LogP contribution is 2.36. The van der Waals surface area contributed by atoms with Gasteiger partial charge in [0.05, 0.1) is 30.9 Å². The Morgan fingerprint density at radius 1 is 1.27 bits per heavy atom. The summed E-state index contributed by atoms with van der Waals surface area (Å²) in [7, 11) is -0.184. The second kappa shape index (κ2) is 8.55. The van der Waals surface area contributed by atoms with E-state index in [1.165, 1.54) is 4.31 Å². The molecule has 1 saturated heterocycles. The number of anilines is 1. The number of hydrogen-bond acceptors (Lipinski definition) is 6. The van der Waals surface area contributed by atoms with Crippen molar-refractivity contribution in [2.45, 2.75) is 17.7 Å². The number of nitrogens with zero attached hydrogens (tertiary/aromatic N) is 2. The van der Waals surface area contributed by atoms with Gasteiger partial charge >= 0.3 is 0 Å². The molecule has 0 spiro atoms. The lowest BCUT2D eigenvalue weighted by atomic mass is 10.1. The molecule has 1 aromatic carbocycles. The Morgan fingerprint density at radius 2 is 2.03 bits per heavy atom. The highest BCUT2D eigenvalue weighted by atomic mass is 35.5. The number of hydrogen-bond donors (Lipinski definition) is 1. The van der Waals surface area contributed by atoms with Crippen LogP contribution in [0.15, 0.2) is 35.2 Å². The average Bonchev–Trinajstić information content (AvgIpc) is 3.14. The van der Waals surface area contributed by atoms with E-state index < -0.39 is 10.0 Å². The predicted octanol–water partition coefficient (Wildman–Crippen LogP) is 2.88. The molecule has 160 valence electrons. The monoisotopic (exact) mass is 449 g/mol. The Labute approximate surface area is 181 Å². The molecule has 0 unspecified atom stereocenters. The molecule has 30 heavy (non-hydrogen) atoms. The largest absolute Gasteiger partial charge is 0.496 e. The van der Waals surface area contributed by atoms with E-state index in [1.54, 1.807) is 25.3 Å². The topological polar surface area (TPSA) is 80.8 Å². The molecule has 1 N–H and O–H groups in total. The summed E-state index contributed by atoms with van der Waals surface area (Å²) in [5.74, 6) is 0.522. The minimum Gasteiger partial charge on any atom is -0.496 e. The lowest BCUT2D eigenvalue weighted by Gasteiger charge is -2.26. The number of methoxy groups -OCH3 is 1. The van der Waals surface area contributed by atoms with Crippen LogP contribution < -0.4 is 10.1 Å². The van der Waals surface area contributed by atoms with Crippen LogP contribution in [0.1, 0.15) is 22.5 Å². The summed E-state index contributed by atoms with van der Waals surface area (Å²) < 4.78 is 38.1. The summed E-state index contributed by atoms with van der Waals surface area (Å²) in [5.41, 5.74) is 4.54. The first kappa shape index (κ1) is 21.1. The van der Waals surface area contributed by atoms with E-state index in [-0.39, 0.29) is 4.90 Å². The maximum Gasteiger partial charge on any atom is 0.243 e. The van der Waals surface area contributed by atoms with Gasteiger partial charge in [-0.2, -0.15) is 4.31 Å². The fourth-order valence-corrected chi connectivity index (χ4v) is 5.52. The third-order valence-corrected chi connectivity index (χ3v) is 7.61. The molecule has 0 amide bonds. The lowest BCUT2D eigenvalue weighted by Crippen LogP contribution is -2.40. The van der Waals surface area contributed by atoms with Gasteiger partial charge in [0, 0.05) is 66.6 Å². The summed E-state index contributed by atoms with van der Waals surface area (Å²) in [5, 5.41) is 3.90. The van der Waals surface area contributed by atoms with Gasteiger partial charge in [-0.1, -0.05) is 23.7 Å². The summed E-state index contributed by atoms with van der Waals surface area (Å²) in [6, 6.07) is 6.99. The summed E-state index contributed by atoms with van der Waals surface area (Å²) >= 11 is 6.30. The Balaban J connectivity index is 1.63. The maximum atomic E-state index is 12.9. The average molecular weight is 450 g/mol. The molecule has 1 fully saturated rings. The minimum absolute atomic E-state index is 0.221. The van der Waals surface area contributed by atoms with Crippen molar-refractivity contribution in [3.63, 3.8) is 0 Å². The Bertz CT molecular complexity index is 1100. The first-order valence-electron chi connectivity index (χ1n) is 9.75. The zero-order valence-electron chi connectivity index (χ0n) is 16.9. The Hall–Kier alpha value is -2.13. The number of sulfonamides is 1. The molecule has 1 aromatic heterocycles. The molecule has 7 nitrogen and oxygen atoms in total. The highest BCUT2D eigenvalue weighted by molar-refractivity contribution is 7.89. The second-order valence-electron chi connectivity index (χ2n) is 7.16. The Kier molecular flexibility index (Phi) is 6.02. The van der Waals surface area contributed by atoms with Gasteiger partial charge in [-0.3, -0.25) is 4.98 Å². The normalized spacial score (nSPS) is 16.8. The Morgan fingerprint density at radius 3 is 2.73 bits per heavy atom. The first-order chi connectivity index (χ1) is 14.4. The molecule has 0 bridgehead atoms. The van der Waals surface area contributed by atoms with E-state index in [4.69, 9.17) is 26.1 Å². The van der Waals surface area contributed by atoms with Crippen molar-refractivity contribution in [2.24, 2.45) is 0 Å². The number of halogens is 1. The molecule has 2 heterocycles. The van der Waals surface area contributed by atoms with Gasteiger partial charge in [-0.15, -0.1) is 0 Å². The molecule has 1 aliphatic carbocycles.